The number of hydrogen-bond acceptors (Lipinski definition) is 10. The Morgan fingerprint density at radius 2 is 2.11 bits per heavy atom. The summed E-state index contributed by atoms with van der Waals surface area (Å²) in [5.74, 6) is 1.41. The van der Waals surface area contributed by atoms with Crippen molar-refractivity contribution in [1.29, 1.82) is 0 Å². The average Bonchev–Trinajstić information content (AvgIpc) is 3.62. The number of carbonyl (C=O) groups excluding carboxylic acids is 1. The zero-order valence-corrected chi connectivity index (χ0v) is 20.4. The number of carbonyl (C=O) groups is 1. The molecule has 1 fully saturated rings. The van der Waals surface area contributed by atoms with Crippen molar-refractivity contribution in [2.45, 2.75) is 58.3 Å². The van der Waals surface area contributed by atoms with Crippen LogP contribution in [0.4, 0.5) is 0 Å². The van der Waals surface area contributed by atoms with Gasteiger partial charge in [0.1, 0.15) is 6.54 Å². The van der Waals surface area contributed by atoms with Crippen LogP contribution in [0.1, 0.15) is 50.5 Å². The summed E-state index contributed by atoms with van der Waals surface area (Å²) in [5, 5.41) is 12.9. The van der Waals surface area contributed by atoms with Crippen LogP contribution in [0.5, 0.6) is 11.5 Å². The summed E-state index contributed by atoms with van der Waals surface area (Å²) >= 11 is 0. The molecule has 1 aromatic carbocycles. The molecule has 192 valence electrons. The van der Waals surface area contributed by atoms with Gasteiger partial charge in [0.15, 0.2) is 17.3 Å². The molecule has 4 heterocycles. The van der Waals surface area contributed by atoms with E-state index in [-0.39, 0.29) is 37.6 Å². The second-order valence-corrected chi connectivity index (χ2v) is 8.90. The number of nitrogens with zero attached hydrogens (tertiary/aromatic N) is 5. The fraction of sp³-hybridized carbons (Fsp3) is 0.542. The average molecular weight is 499 g/mol. The van der Waals surface area contributed by atoms with Crippen LogP contribution in [-0.4, -0.2) is 68.7 Å². The molecule has 0 saturated carbocycles. The number of ether oxygens (including phenoxy) is 4. The van der Waals surface area contributed by atoms with E-state index in [9.17, 15) is 9.59 Å². The van der Waals surface area contributed by atoms with Crippen LogP contribution in [-0.2, 0) is 27.4 Å². The molecule has 2 aliphatic rings. The molecule has 0 spiro atoms. The Balaban J connectivity index is 1.47. The van der Waals surface area contributed by atoms with Crippen molar-refractivity contribution in [2.75, 3.05) is 26.6 Å². The Hall–Kier alpha value is -3.51. The third kappa shape index (κ3) is 5.05. The predicted molar refractivity (Wildman–Crippen MR) is 128 cm³/mol. The lowest BCUT2D eigenvalue weighted by molar-refractivity contribution is -0.144. The molecule has 12 nitrogen and oxygen atoms in total. The molecular formula is C24H30N6O6. The van der Waals surface area contributed by atoms with Crippen molar-refractivity contribution in [3.63, 3.8) is 0 Å². The molecular weight excluding hydrogens is 468 g/mol. The highest BCUT2D eigenvalue weighted by molar-refractivity contribution is 5.83. The van der Waals surface area contributed by atoms with Gasteiger partial charge in [-0.3, -0.25) is 14.5 Å². The first-order chi connectivity index (χ1) is 17.6. The number of rotatable bonds is 10. The van der Waals surface area contributed by atoms with Gasteiger partial charge in [-0.15, -0.1) is 5.10 Å². The summed E-state index contributed by atoms with van der Waals surface area (Å²) in [7, 11) is 0. The molecule has 12 heteroatoms. The minimum atomic E-state index is -0.406. The molecule has 1 N–H and O–H groups in total. The number of esters is 1. The van der Waals surface area contributed by atoms with Gasteiger partial charge in [-0.25, -0.2) is 4.68 Å². The Labute approximate surface area is 207 Å². The summed E-state index contributed by atoms with van der Waals surface area (Å²) in [4.78, 5) is 30.4. The van der Waals surface area contributed by atoms with Gasteiger partial charge in [0.05, 0.1) is 24.3 Å². The monoisotopic (exact) mass is 498 g/mol. The fourth-order valence-corrected chi connectivity index (χ4v) is 4.83. The number of pyridine rings is 1. The highest BCUT2D eigenvalue weighted by Gasteiger charge is 2.30. The number of benzene rings is 1. The molecule has 2 aliphatic heterocycles. The second kappa shape index (κ2) is 10.6. The van der Waals surface area contributed by atoms with Crippen molar-refractivity contribution in [3.8, 4) is 11.5 Å². The molecule has 0 aliphatic carbocycles. The lowest BCUT2D eigenvalue weighted by Gasteiger charge is -2.32. The van der Waals surface area contributed by atoms with E-state index in [2.05, 4.69) is 25.4 Å². The molecule has 2 atom stereocenters. The Morgan fingerprint density at radius 1 is 1.28 bits per heavy atom. The molecule has 36 heavy (non-hydrogen) atoms. The SMILES string of the molecule is CCOC(=O)Cn1nnnc1C(CC)N(Cc1cc2cc3c(cc2[nH]c1=O)OCO3)CC1CCCO1. The third-order valence-electron chi connectivity index (χ3n) is 6.52. The van der Waals surface area contributed by atoms with Gasteiger partial charge in [0.2, 0.25) is 6.79 Å². The summed E-state index contributed by atoms with van der Waals surface area (Å²) in [6.07, 6.45) is 2.65. The van der Waals surface area contributed by atoms with Crippen LogP contribution in [0.25, 0.3) is 10.9 Å². The van der Waals surface area contributed by atoms with E-state index in [4.69, 9.17) is 18.9 Å². The van der Waals surface area contributed by atoms with Crippen LogP contribution in [0.3, 0.4) is 0 Å². The summed E-state index contributed by atoms with van der Waals surface area (Å²) < 4.78 is 23.4. The molecule has 2 unspecified atom stereocenters. The molecule has 3 aromatic rings. The van der Waals surface area contributed by atoms with Crippen LogP contribution in [0, 0.1) is 0 Å². The maximum atomic E-state index is 13.1. The van der Waals surface area contributed by atoms with Crippen molar-refractivity contribution < 1.29 is 23.7 Å². The van der Waals surface area contributed by atoms with E-state index in [0.29, 0.717) is 47.9 Å². The van der Waals surface area contributed by atoms with Gasteiger partial charge < -0.3 is 23.9 Å². The Morgan fingerprint density at radius 3 is 2.86 bits per heavy atom. The van der Waals surface area contributed by atoms with Gasteiger partial charge in [-0.05, 0) is 48.7 Å². The zero-order chi connectivity index (χ0) is 25.1. The summed E-state index contributed by atoms with van der Waals surface area (Å²) in [5.41, 5.74) is 1.10. The zero-order valence-electron chi connectivity index (χ0n) is 20.4. The number of tetrazole rings is 1. The van der Waals surface area contributed by atoms with Gasteiger partial charge in [0, 0.05) is 36.7 Å². The van der Waals surface area contributed by atoms with E-state index in [1.54, 1.807) is 13.0 Å². The summed E-state index contributed by atoms with van der Waals surface area (Å²) in [6, 6.07) is 5.29. The van der Waals surface area contributed by atoms with E-state index in [1.807, 2.05) is 19.1 Å². The molecule has 2 aromatic heterocycles. The first kappa shape index (κ1) is 24.2. The summed E-state index contributed by atoms with van der Waals surface area (Å²) in [6.45, 7) is 5.82. The number of aromatic nitrogens is 5. The first-order valence-electron chi connectivity index (χ1n) is 12.3. The van der Waals surface area contributed by atoms with Crippen LogP contribution >= 0.6 is 0 Å². The maximum absolute atomic E-state index is 13.1. The van der Waals surface area contributed by atoms with E-state index in [0.717, 1.165) is 24.8 Å². The van der Waals surface area contributed by atoms with E-state index >= 15 is 0 Å². The number of fused-ring (bicyclic) bond motifs is 2. The van der Waals surface area contributed by atoms with Crippen molar-refractivity contribution in [1.82, 2.24) is 30.1 Å². The molecule has 1 saturated heterocycles. The minimum Gasteiger partial charge on any atom is -0.465 e. The molecule has 0 bridgehead atoms. The normalized spacial score (nSPS) is 17.7. The Kier molecular flexibility index (Phi) is 7.14. The fourth-order valence-electron chi connectivity index (χ4n) is 4.83. The minimum absolute atomic E-state index is 0.0433. The first-order valence-corrected chi connectivity index (χ1v) is 12.3. The number of H-pyrrole nitrogens is 1. The number of hydrogen-bond donors (Lipinski definition) is 1. The van der Waals surface area contributed by atoms with E-state index in [1.165, 1.54) is 4.68 Å². The topological polar surface area (TPSA) is 134 Å². The van der Waals surface area contributed by atoms with E-state index < -0.39 is 5.97 Å². The maximum Gasteiger partial charge on any atom is 0.327 e. The van der Waals surface area contributed by atoms with Crippen molar-refractivity contribution in [3.05, 3.63) is 39.9 Å². The molecule has 0 amide bonds. The molecule has 5 rings (SSSR count). The van der Waals surface area contributed by atoms with Crippen molar-refractivity contribution >= 4 is 16.9 Å². The quantitative estimate of drug-likeness (QED) is 0.413. The highest BCUT2D eigenvalue weighted by Crippen LogP contribution is 2.35. The van der Waals surface area contributed by atoms with Gasteiger partial charge in [-0.2, -0.15) is 0 Å². The smallest absolute Gasteiger partial charge is 0.327 e. The van der Waals surface area contributed by atoms with Gasteiger partial charge in [-0.1, -0.05) is 6.92 Å². The van der Waals surface area contributed by atoms with Gasteiger partial charge >= 0.3 is 5.97 Å². The Bertz CT molecular complexity index is 1280. The van der Waals surface area contributed by atoms with Crippen LogP contribution < -0.4 is 15.0 Å². The predicted octanol–water partition coefficient (Wildman–Crippen LogP) is 1.94. The van der Waals surface area contributed by atoms with Crippen molar-refractivity contribution in [2.24, 2.45) is 0 Å². The number of nitrogens with one attached hydrogen (secondary N) is 1. The van der Waals surface area contributed by atoms with Gasteiger partial charge in [0.25, 0.3) is 5.56 Å². The van der Waals surface area contributed by atoms with Crippen LogP contribution in [0.15, 0.2) is 23.0 Å². The standard InChI is InChI=1S/C24H30N6O6/c1-3-19(23-26-27-28-30(23)13-22(31)33-4-2)29(12-17-6-5-7-34-17)11-16-8-15-9-20-21(36-14-35-20)10-18(15)25-24(16)32/h8-10,17,19H,3-7,11-14H2,1-2H3,(H,25,32). The lowest BCUT2D eigenvalue weighted by Crippen LogP contribution is -2.38. The molecule has 0 radical (unpaired) electrons. The highest BCUT2D eigenvalue weighted by atomic mass is 16.7. The largest absolute Gasteiger partial charge is 0.465 e. The number of aromatic amines is 1. The third-order valence-corrected chi connectivity index (χ3v) is 6.52. The lowest BCUT2D eigenvalue weighted by atomic mass is 10.1. The van der Waals surface area contributed by atoms with Crippen LogP contribution in [0.2, 0.25) is 0 Å². The second-order valence-electron chi connectivity index (χ2n) is 8.90.